The molecule has 0 fully saturated rings. The van der Waals surface area contributed by atoms with Gasteiger partial charge in [-0.1, -0.05) is 17.7 Å². The minimum atomic E-state index is -1.07. The van der Waals surface area contributed by atoms with Crippen LogP contribution >= 0.6 is 11.6 Å². The molecule has 0 radical (unpaired) electrons. The first kappa shape index (κ1) is 13.3. The van der Waals surface area contributed by atoms with E-state index in [1.54, 1.807) is 12.1 Å². The third-order valence-electron chi connectivity index (χ3n) is 2.08. The van der Waals surface area contributed by atoms with Crippen LogP contribution in [0.3, 0.4) is 0 Å². The van der Waals surface area contributed by atoms with Gasteiger partial charge in [0.05, 0.1) is 10.7 Å². The van der Waals surface area contributed by atoms with Crippen molar-refractivity contribution in [3.05, 3.63) is 28.8 Å². The van der Waals surface area contributed by atoms with Gasteiger partial charge in [-0.25, -0.2) is 4.79 Å². The van der Waals surface area contributed by atoms with Gasteiger partial charge in [-0.15, -0.1) is 0 Å². The molecular weight excluding hydrogens is 244 g/mol. The molecule has 2 N–H and O–H groups in total. The Balaban J connectivity index is 2.73. The van der Waals surface area contributed by atoms with Gasteiger partial charge in [0.15, 0.2) is 0 Å². The molecule has 92 valence electrons. The summed E-state index contributed by atoms with van der Waals surface area (Å²) in [5.41, 5.74) is 1.42. The first-order chi connectivity index (χ1) is 7.90. The molecule has 0 saturated carbocycles. The predicted octanol–water partition coefficient (Wildman–Crippen LogP) is 2.20. The second-order valence-corrected chi connectivity index (χ2v) is 4.07. The van der Waals surface area contributed by atoms with Crippen LogP contribution in [-0.4, -0.2) is 35.6 Å². The number of carboxylic acid groups (broad SMARTS) is 1. The minimum Gasteiger partial charge on any atom is -0.480 e. The first-order valence-corrected chi connectivity index (χ1v) is 5.28. The van der Waals surface area contributed by atoms with Crippen molar-refractivity contribution in [3.8, 4) is 0 Å². The van der Waals surface area contributed by atoms with Crippen LogP contribution in [0, 0.1) is 6.92 Å². The maximum atomic E-state index is 11.6. The lowest BCUT2D eigenvalue weighted by Gasteiger charge is -2.16. The molecule has 1 rings (SSSR count). The second kappa shape index (κ2) is 5.54. The number of aliphatic carboxylic acids is 1. The van der Waals surface area contributed by atoms with Crippen LogP contribution in [0.15, 0.2) is 18.2 Å². The van der Waals surface area contributed by atoms with Crippen LogP contribution in [0.25, 0.3) is 0 Å². The largest absolute Gasteiger partial charge is 0.480 e. The molecule has 0 aliphatic carbocycles. The zero-order chi connectivity index (χ0) is 13.0. The van der Waals surface area contributed by atoms with Gasteiger partial charge in [-0.2, -0.15) is 0 Å². The van der Waals surface area contributed by atoms with Crippen LogP contribution in [-0.2, 0) is 4.79 Å². The number of hydrogen-bond acceptors (Lipinski definition) is 2. The number of anilines is 1. The van der Waals surface area contributed by atoms with Crippen molar-refractivity contribution >= 4 is 29.3 Å². The molecule has 0 saturated heterocycles. The minimum absolute atomic E-state index is 0.366. The fraction of sp³-hybridized carbons (Fsp3) is 0.273. The smallest absolute Gasteiger partial charge is 0.323 e. The van der Waals surface area contributed by atoms with E-state index in [1.165, 1.54) is 7.05 Å². The fourth-order valence-corrected chi connectivity index (χ4v) is 1.39. The van der Waals surface area contributed by atoms with Gasteiger partial charge in [0.2, 0.25) is 0 Å². The summed E-state index contributed by atoms with van der Waals surface area (Å²) in [5.74, 6) is -1.07. The monoisotopic (exact) mass is 256 g/mol. The van der Waals surface area contributed by atoms with Gasteiger partial charge in [0.25, 0.3) is 0 Å². The van der Waals surface area contributed by atoms with E-state index in [-0.39, 0.29) is 6.54 Å². The Morgan fingerprint density at radius 1 is 1.47 bits per heavy atom. The second-order valence-electron chi connectivity index (χ2n) is 3.66. The number of benzene rings is 1. The molecule has 0 atom stereocenters. The molecule has 2 amide bonds. The van der Waals surface area contributed by atoms with E-state index >= 15 is 0 Å². The molecular formula is C11H13ClN2O3. The number of carboxylic acids is 1. The number of hydrogen-bond donors (Lipinski definition) is 2. The average Bonchev–Trinajstić information content (AvgIpc) is 2.22. The molecule has 0 unspecified atom stereocenters. The SMILES string of the molecule is Cc1ccc(Cl)c(NC(=O)N(C)CC(=O)O)c1. The Bertz CT molecular complexity index is 448. The Labute approximate surface area is 104 Å². The van der Waals surface area contributed by atoms with E-state index in [4.69, 9.17) is 16.7 Å². The van der Waals surface area contributed by atoms with Crippen molar-refractivity contribution in [1.82, 2.24) is 4.90 Å². The summed E-state index contributed by atoms with van der Waals surface area (Å²) in [6.45, 7) is 1.50. The Hall–Kier alpha value is -1.75. The third-order valence-corrected chi connectivity index (χ3v) is 2.41. The molecule has 0 heterocycles. The molecule has 0 bridgehead atoms. The predicted molar refractivity (Wildman–Crippen MR) is 65.5 cm³/mol. The maximum absolute atomic E-state index is 11.6. The molecule has 5 nitrogen and oxygen atoms in total. The standard InChI is InChI=1S/C11H13ClN2O3/c1-7-3-4-8(12)9(5-7)13-11(17)14(2)6-10(15)16/h3-5H,6H2,1-2H3,(H,13,17)(H,15,16). The highest BCUT2D eigenvalue weighted by Gasteiger charge is 2.13. The lowest BCUT2D eigenvalue weighted by atomic mass is 10.2. The van der Waals surface area contributed by atoms with E-state index in [0.29, 0.717) is 10.7 Å². The number of carbonyl (C=O) groups is 2. The van der Waals surface area contributed by atoms with E-state index in [0.717, 1.165) is 10.5 Å². The van der Waals surface area contributed by atoms with Crippen molar-refractivity contribution in [3.63, 3.8) is 0 Å². The molecule has 0 aromatic heterocycles. The van der Waals surface area contributed by atoms with Crippen LogP contribution in [0.2, 0.25) is 5.02 Å². The molecule has 1 aromatic carbocycles. The van der Waals surface area contributed by atoms with Crippen LogP contribution < -0.4 is 5.32 Å². The van der Waals surface area contributed by atoms with E-state index in [2.05, 4.69) is 5.32 Å². The van der Waals surface area contributed by atoms with Crippen LogP contribution in [0.5, 0.6) is 0 Å². The zero-order valence-corrected chi connectivity index (χ0v) is 10.3. The molecule has 0 spiro atoms. The molecule has 6 heteroatoms. The number of carbonyl (C=O) groups excluding carboxylic acids is 1. The highest BCUT2D eigenvalue weighted by molar-refractivity contribution is 6.33. The molecule has 1 aromatic rings. The molecule has 0 aliphatic rings. The van der Waals surface area contributed by atoms with Crippen molar-refractivity contribution in [1.29, 1.82) is 0 Å². The van der Waals surface area contributed by atoms with Crippen molar-refractivity contribution in [2.45, 2.75) is 6.92 Å². The van der Waals surface area contributed by atoms with E-state index < -0.39 is 12.0 Å². The quantitative estimate of drug-likeness (QED) is 0.871. The number of urea groups is 1. The zero-order valence-electron chi connectivity index (χ0n) is 9.53. The highest BCUT2D eigenvalue weighted by atomic mass is 35.5. The van der Waals surface area contributed by atoms with E-state index in [1.807, 2.05) is 13.0 Å². The average molecular weight is 257 g/mol. The summed E-state index contributed by atoms with van der Waals surface area (Å²) in [6.07, 6.45) is 0. The summed E-state index contributed by atoms with van der Waals surface area (Å²) in [5, 5.41) is 11.5. The maximum Gasteiger partial charge on any atom is 0.323 e. The number of aryl methyl sites for hydroxylation is 1. The van der Waals surface area contributed by atoms with Gasteiger partial charge >= 0.3 is 12.0 Å². The van der Waals surface area contributed by atoms with Gasteiger partial charge in [-0.05, 0) is 24.6 Å². The summed E-state index contributed by atoms with van der Waals surface area (Å²) < 4.78 is 0. The van der Waals surface area contributed by atoms with Gasteiger partial charge in [0, 0.05) is 7.05 Å². The summed E-state index contributed by atoms with van der Waals surface area (Å²) in [6, 6.07) is 4.69. The number of halogens is 1. The topological polar surface area (TPSA) is 69.6 Å². The number of rotatable bonds is 3. The number of nitrogens with zero attached hydrogens (tertiary/aromatic N) is 1. The van der Waals surface area contributed by atoms with Gasteiger partial charge in [0.1, 0.15) is 6.54 Å². The van der Waals surface area contributed by atoms with Gasteiger partial charge in [-0.3, -0.25) is 4.79 Å². The van der Waals surface area contributed by atoms with Crippen LogP contribution in [0.4, 0.5) is 10.5 Å². The summed E-state index contributed by atoms with van der Waals surface area (Å²) in [4.78, 5) is 23.1. The lowest BCUT2D eigenvalue weighted by Crippen LogP contribution is -2.35. The highest BCUT2D eigenvalue weighted by Crippen LogP contribution is 2.22. The molecule has 17 heavy (non-hydrogen) atoms. The number of nitrogens with one attached hydrogen (secondary N) is 1. The lowest BCUT2D eigenvalue weighted by molar-refractivity contribution is -0.137. The Morgan fingerprint density at radius 3 is 2.71 bits per heavy atom. The van der Waals surface area contributed by atoms with Crippen LogP contribution in [0.1, 0.15) is 5.56 Å². The van der Waals surface area contributed by atoms with Gasteiger partial charge < -0.3 is 15.3 Å². The molecule has 0 aliphatic heterocycles. The van der Waals surface area contributed by atoms with Crippen molar-refractivity contribution in [2.75, 3.05) is 18.9 Å². The number of likely N-dealkylation sites (N-methyl/N-ethyl adjacent to an activating group) is 1. The summed E-state index contributed by atoms with van der Waals surface area (Å²) >= 11 is 5.90. The van der Waals surface area contributed by atoms with Crippen molar-refractivity contribution in [2.24, 2.45) is 0 Å². The number of amides is 2. The Morgan fingerprint density at radius 2 is 2.12 bits per heavy atom. The van der Waals surface area contributed by atoms with Crippen molar-refractivity contribution < 1.29 is 14.7 Å². The Kier molecular flexibility index (Phi) is 4.34. The summed E-state index contributed by atoms with van der Waals surface area (Å²) in [7, 11) is 1.40. The van der Waals surface area contributed by atoms with E-state index in [9.17, 15) is 9.59 Å². The first-order valence-electron chi connectivity index (χ1n) is 4.90. The third kappa shape index (κ3) is 3.96. The fourth-order valence-electron chi connectivity index (χ4n) is 1.22. The normalized spacial score (nSPS) is 9.82.